The molecule has 3 rings (SSSR count). The Hall–Kier alpha value is -2.52. The van der Waals surface area contributed by atoms with Crippen LogP contribution in [0, 0.1) is 16.0 Å². The summed E-state index contributed by atoms with van der Waals surface area (Å²) in [7, 11) is 0. The Bertz CT molecular complexity index is 693. The van der Waals surface area contributed by atoms with Crippen LogP contribution in [0.2, 0.25) is 0 Å². The summed E-state index contributed by atoms with van der Waals surface area (Å²) in [5.74, 6) is -0.752. The fraction of sp³-hybridized carbons (Fsp3) is 0.529. The molecule has 4 unspecified atom stereocenters. The molecule has 1 saturated heterocycles. The number of hydrazine groups is 1. The topological polar surface area (TPSA) is 123 Å². The molecule has 0 aromatic heterocycles. The van der Waals surface area contributed by atoms with Crippen molar-refractivity contribution in [3.05, 3.63) is 34.4 Å². The number of fused-ring (bicyclic) bond motifs is 1. The van der Waals surface area contributed by atoms with Gasteiger partial charge < -0.3 is 10.1 Å². The third-order valence-electron chi connectivity index (χ3n) is 4.93. The average molecular weight is 362 g/mol. The number of anilines is 1. The maximum Gasteiger partial charge on any atom is 0.325 e. The van der Waals surface area contributed by atoms with E-state index in [2.05, 4.69) is 16.2 Å². The van der Waals surface area contributed by atoms with Gasteiger partial charge in [-0.05, 0) is 31.9 Å². The van der Waals surface area contributed by atoms with Crippen molar-refractivity contribution in [3.8, 4) is 0 Å². The molecule has 26 heavy (non-hydrogen) atoms. The van der Waals surface area contributed by atoms with E-state index in [0.29, 0.717) is 5.69 Å². The van der Waals surface area contributed by atoms with Crippen LogP contribution in [0.3, 0.4) is 0 Å². The third kappa shape index (κ3) is 4.00. The van der Waals surface area contributed by atoms with E-state index >= 15 is 0 Å². The van der Waals surface area contributed by atoms with Crippen molar-refractivity contribution in [2.75, 3.05) is 5.32 Å². The van der Waals surface area contributed by atoms with E-state index in [-0.39, 0.29) is 17.6 Å². The fourth-order valence-electron chi connectivity index (χ4n) is 3.49. The summed E-state index contributed by atoms with van der Waals surface area (Å²) in [6.45, 7) is 1.50. The van der Waals surface area contributed by atoms with Crippen LogP contribution < -0.4 is 16.2 Å². The monoisotopic (exact) mass is 362 g/mol. The fourth-order valence-corrected chi connectivity index (χ4v) is 3.49. The molecular weight excluding hydrogens is 340 g/mol. The zero-order chi connectivity index (χ0) is 18.7. The molecule has 2 aliphatic rings. The normalized spacial score (nSPS) is 25.8. The van der Waals surface area contributed by atoms with Crippen molar-refractivity contribution in [3.63, 3.8) is 0 Å². The molecule has 1 aliphatic heterocycles. The Kier molecular flexibility index (Phi) is 5.48. The number of carbonyl (C=O) groups is 2. The zero-order valence-corrected chi connectivity index (χ0v) is 14.4. The number of non-ortho nitro benzene ring substituents is 1. The molecule has 9 nitrogen and oxygen atoms in total. The molecule has 0 spiro atoms. The van der Waals surface area contributed by atoms with E-state index in [1.165, 1.54) is 31.2 Å². The summed E-state index contributed by atoms with van der Waals surface area (Å²) in [4.78, 5) is 34.7. The van der Waals surface area contributed by atoms with Crippen molar-refractivity contribution in [1.29, 1.82) is 0 Å². The number of nitro benzene ring substituents is 1. The Morgan fingerprint density at radius 2 is 1.92 bits per heavy atom. The van der Waals surface area contributed by atoms with Crippen LogP contribution in [0.1, 0.15) is 32.6 Å². The minimum atomic E-state index is -0.970. The van der Waals surface area contributed by atoms with E-state index in [0.717, 1.165) is 25.7 Å². The van der Waals surface area contributed by atoms with Crippen LogP contribution in [-0.4, -0.2) is 35.0 Å². The third-order valence-corrected chi connectivity index (χ3v) is 4.93. The number of nitro groups is 1. The first-order valence-electron chi connectivity index (χ1n) is 8.72. The van der Waals surface area contributed by atoms with Crippen LogP contribution in [0.4, 0.5) is 11.4 Å². The van der Waals surface area contributed by atoms with Gasteiger partial charge in [0.15, 0.2) is 6.10 Å². The predicted octanol–water partition coefficient (Wildman–Crippen LogP) is 1.50. The number of nitrogens with zero attached hydrogens (tertiary/aromatic N) is 1. The van der Waals surface area contributed by atoms with Crippen molar-refractivity contribution >= 4 is 23.3 Å². The second-order valence-corrected chi connectivity index (χ2v) is 6.69. The van der Waals surface area contributed by atoms with Gasteiger partial charge in [0, 0.05) is 29.8 Å². The van der Waals surface area contributed by atoms with Gasteiger partial charge in [0.05, 0.1) is 4.92 Å². The van der Waals surface area contributed by atoms with Gasteiger partial charge in [-0.3, -0.25) is 25.1 Å². The van der Waals surface area contributed by atoms with Crippen LogP contribution in [0.15, 0.2) is 24.3 Å². The number of esters is 1. The number of hydrogen-bond acceptors (Lipinski definition) is 7. The van der Waals surface area contributed by atoms with Crippen LogP contribution in [0.25, 0.3) is 0 Å². The molecule has 140 valence electrons. The highest BCUT2D eigenvalue weighted by Crippen LogP contribution is 2.30. The second-order valence-electron chi connectivity index (χ2n) is 6.69. The maximum atomic E-state index is 12.4. The summed E-state index contributed by atoms with van der Waals surface area (Å²) in [5, 5.41) is 13.2. The predicted molar refractivity (Wildman–Crippen MR) is 93.1 cm³/mol. The van der Waals surface area contributed by atoms with Crippen molar-refractivity contribution < 1.29 is 19.2 Å². The molecule has 1 amide bonds. The summed E-state index contributed by atoms with van der Waals surface area (Å²) >= 11 is 0. The molecule has 4 atom stereocenters. The van der Waals surface area contributed by atoms with E-state index in [1.54, 1.807) is 0 Å². The lowest BCUT2D eigenvalue weighted by Crippen LogP contribution is -2.43. The molecule has 1 heterocycles. The number of benzene rings is 1. The van der Waals surface area contributed by atoms with Gasteiger partial charge in [0.2, 0.25) is 0 Å². The number of carbonyl (C=O) groups excluding carboxylic acids is 2. The van der Waals surface area contributed by atoms with Crippen LogP contribution in [0.5, 0.6) is 0 Å². The first kappa shape index (κ1) is 18.3. The smallest absolute Gasteiger partial charge is 0.325 e. The number of amides is 1. The Balaban J connectivity index is 1.53. The van der Waals surface area contributed by atoms with Gasteiger partial charge in [-0.2, -0.15) is 0 Å². The van der Waals surface area contributed by atoms with Gasteiger partial charge in [-0.15, -0.1) is 0 Å². The lowest BCUT2D eigenvalue weighted by Gasteiger charge is -2.26. The van der Waals surface area contributed by atoms with Gasteiger partial charge in [-0.1, -0.05) is 12.8 Å². The molecular formula is C17H22N4O5. The Morgan fingerprint density at radius 1 is 1.23 bits per heavy atom. The number of nitrogens with one attached hydrogen (secondary N) is 3. The molecule has 2 fully saturated rings. The quantitative estimate of drug-likeness (QED) is 0.412. The first-order chi connectivity index (χ1) is 12.5. The molecule has 9 heteroatoms. The van der Waals surface area contributed by atoms with Gasteiger partial charge in [0.1, 0.15) is 6.04 Å². The summed E-state index contributed by atoms with van der Waals surface area (Å²) in [6, 6.07) is 5.27. The minimum Gasteiger partial charge on any atom is -0.451 e. The molecule has 1 aromatic carbocycles. The van der Waals surface area contributed by atoms with Crippen molar-refractivity contribution in [2.24, 2.45) is 5.92 Å². The molecule has 1 saturated carbocycles. The molecule has 1 aliphatic carbocycles. The lowest BCUT2D eigenvalue weighted by atomic mass is 9.82. The largest absolute Gasteiger partial charge is 0.451 e. The standard InChI is InChI=1S/C17H22N4O5/c1-10(16(22)18-11-6-8-12(9-7-11)21(24)25)26-17(23)15-13-4-2-3-5-14(13)19-20-15/h6-10,13-15,19-20H,2-5H2,1H3,(H,18,22). The Labute approximate surface area is 150 Å². The zero-order valence-electron chi connectivity index (χ0n) is 14.4. The van der Waals surface area contributed by atoms with E-state index < -0.39 is 28.9 Å². The minimum absolute atomic E-state index is 0.0654. The second kappa shape index (κ2) is 7.79. The average Bonchev–Trinajstić information content (AvgIpc) is 3.06. The first-order valence-corrected chi connectivity index (χ1v) is 8.72. The maximum absolute atomic E-state index is 12.4. The van der Waals surface area contributed by atoms with Crippen LogP contribution in [-0.2, 0) is 14.3 Å². The molecule has 0 bridgehead atoms. The van der Waals surface area contributed by atoms with Gasteiger partial charge in [0.25, 0.3) is 11.6 Å². The van der Waals surface area contributed by atoms with E-state index in [4.69, 9.17) is 4.74 Å². The van der Waals surface area contributed by atoms with Gasteiger partial charge >= 0.3 is 5.97 Å². The highest BCUT2D eigenvalue weighted by atomic mass is 16.6. The summed E-state index contributed by atoms with van der Waals surface area (Å²) in [6.07, 6.45) is 3.24. The van der Waals surface area contributed by atoms with Crippen molar-refractivity contribution in [2.45, 2.75) is 50.8 Å². The molecule has 3 N–H and O–H groups in total. The van der Waals surface area contributed by atoms with E-state index in [9.17, 15) is 19.7 Å². The molecule has 1 aromatic rings. The highest BCUT2D eigenvalue weighted by Gasteiger charge is 2.42. The summed E-state index contributed by atoms with van der Waals surface area (Å²) < 4.78 is 5.32. The van der Waals surface area contributed by atoms with Crippen molar-refractivity contribution in [1.82, 2.24) is 10.9 Å². The van der Waals surface area contributed by atoms with E-state index in [1.807, 2.05) is 0 Å². The number of ether oxygens (including phenoxy) is 1. The Morgan fingerprint density at radius 3 is 2.62 bits per heavy atom. The molecule has 0 radical (unpaired) electrons. The SMILES string of the molecule is CC(OC(=O)C1NNC2CCCCC21)C(=O)Nc1ccc([N+](=O)[O-])cc1. The lowest BCUT2D eigenvalue weighted by molar-refractivity contribution is -0.384. The highest BCUT2D eigenvalue weighted by molar-refractivity contribution is 5.95. The summed E-state index contributed by atoms with van der Waals surface area (Å²) in [5.41, 5.74) is 6.46. The number of hydrogen-bond donors (Lipinski definition) is 3. The van der Waals surface area contributed by atoms with Gasteiger partial charge in [-0.25, -0.2) is 5.43 Å². The number of rotatable bonds is 5. The van der Waals surface area contributed by atoms with Crippen LogP contribution >= 0.6 is 0 Å².